The Morgan fingerprint density at radius 1 is 1.06 bits per heavy atom. The molecule has 1 aromatic carbocycles. The highest BCUT2D eigenvalue weighted by molar-refractivity contribution is 7.98. The van der Waals surface area contributed by atoms with Crippen LogP contribution in [0.3, 0.4) is 0 Å². The number of thioether (sulfide) groups is 1. The third-order valence-electron chi connectivity index (χ3n) is 5.74. The Morgan fingerprint density at radius 2 is 1.94 bits per heavy atom. The van der Waals surface area contributed by atoms with Gasteiger partial charge in [-0.05, 0) is 49.2 Å². The van der Waals surface area contributed by atoms with E-state index in [1.807, 2.05) is 45.9 Å². The molecule has 1 amide bonds. The number of ether oxygens (including phenoxy) is 1. The molecule has 35 heavy (non-hydrogen) atoms. The van der Waals surface area contributed by atoms with Crippen LogP contribution in [-0.4, -0.2) is 54.4 Å². The number of hydrogen-bond donors (Lipinski definition) is 0. The normalized spacial score (nSPS) is 14.2. The highest BCUT2D eigenvalue weighted by atomic mass is 32.2. The number of rotatable bonds is 8. The molecule has 1 aliphatic rings. The lowest BCUT2D eigenvalue weighted by atomic mass is 10.2. The average Bonchev–Trinajstić information content (AvgIpc) is 3.48. The maximum atomic E-state index is 12.6. The molecule has 0 N–H and O–H groups in total. The quantitative estimate of drug-likeness (QED) is 0.339. The first-order chi connectivity index (χ1) is 17.2. The van der Waals surface area contributed by atoms with Crippen molar-refractivity contribution >= 4 is 17.7 Å². The molecule has 0 atom stereocenters. The van der Waals surface area contributed by atoms with E-state index in [0.29, 0.717) is 41.5 Å². The van der Waals surface area contributed by atoms with E-state index < -0.39 is 0 Å². The molecule has 0 saturated carbocycles. The molecule has 180 valence electrons. The third kappa shape index (κ3) is 5.35. The lowest BCUT2D eigenvalue weighted by Gasteiger charge is -2.20. The number of likely N-dealkylation sites (tertiary alicyclic amines) is 1. The molecule has 0 radical (unpaired) electrons. The summed E-state index contributed by atoms with van der Waals surface area (Å²) in [4.78, 5) is 18.7. The first-order valence-electron chi connectivity index (χ1n) is 11.4. The van der Waals surface area contributed by atoms with Crippen molar-refractivity contribution in [3.05, 3.63) is 60.5 Å². The van der Waals surface area contributed by atoms with Crippen molar-refractivity contribution in [3.63, 3.8) is 0 Å². The van der Waals surface area contributed by atoms with Gasteiger partial charge in [0.2, 0.25) is 17.7 Å². The van der Waals surface area contributed by atoms with E-state index in [2.05, 4.69) is 25.4 Å². The summed E-state index contributed by atoms with van der Waals surface area (Å²) in [6.07, 6.45) is 7.07. The van der Waals surface area contributed by atoms with E-state index in [0.717, 1.165) is 42.8 Å². The highest BCUT2D eigenvalue weighted by Crippen LogP contribution is 2.27. The number of pyridine rings is 1. The largest absolute Gasteiger partial charge is 0.497 e. The number of nitrogens with zero attached hydrogens (tertiary/aromatic N) is 7. The van der Waals surface area contributed by atoms with E-state index in [4.69, 9.17) is 9.15 Å². The van der Waals surface area contributed by atoms with Gasteiger partial charge >= 0.3 is 0 Å². The third-order valence-corrected chi connectivity index (χ3v) is 6.65. The maximum Gasteiger partial charge on any atom is 0.247 e. The minimum atomic E-state index is 0.161. The second kappa shape index (κ2) is 10.7. The highest BCUT2D eigenvalue weighted by Gasteiger charge is 2.22. The van der Waals surface area contributed by atoms with Crippen molar-refractivity contribution < 1.29 is 13.9 Å². The summed E-state index contributed by atoms with van der Waals surface area (Å²) < 4.78 is 13.0. The molecular weight excluding hydrogens is 466 g/mol. The molecule has 4 aromatic rings. The summed E-state index contributed by atoms with van der Waals surface area (Å²) in [5.41, 5.74) is 1.65. The Morgan fingerprint density at radius 3 is 2.74 bits per heavy atom. The monoisotopic (exact) mass is 491 g/mol. The van der Waals surface area contributed by atoms with Crippen LogP contribution < -0.4 is 4.74 Å². The number of benzene rings is 1. The molecule has 11 heteroatoms. The Bertz CT molecular complexity index is 1270. The van der Waals surface area contributed by atoms with Crippen molar-refractivity contribution in [1.29, 1.82) is 0 Å². The van der Waals surface area contributed by atoms with Crippen LogP contribution >= 0.6 is 11.8 Å². The van der Waals surface area contributed by atoms with E-state index >= 15 is 0 Å². The predicted octanol–water partition coefficient (Wildman–Crippen LogP) is 3.92. The Kier molecular flexibility index (Phi) is 7.03. The maximum absolute atomic E-state index is 12.6. The fourth-order valence-electron chi connectivity index (χ4n) is 3.91. The standard InChI is InChI=1S/C24H25N7O3S/c1-33-19-10-8-17(9-11-19)23-28-27-21(34-23)16-35-24-29-26-20(31(24)18-6-5-12-25-14-18)15-30-13-4-2-3-7-22(30)32/h5-6,8-12,14H,2-4,7,13,15-16H2,1H3. The lowest BCUT2D eigenvalue weighted by Crippen LogP contribution is -2.31. The van der Waals surface area contributed by atoms with Crippen LogP contribution in [0.5, 0.6) is 5.75 Å². The SMILES string of the molecule is COc1ccc(-c2nnc(CSc3nnc(CN4CCCCCC4=O)n3-c3cccnc3)o2)cc1. The van der Waals surface area contributed by atoms with Crippen LogP contribution in [0.1, 0.15) is 37.4 Å². The molecule has 4 heterocycles. The van der Waals surface area contributed by atoms with Gasteiger partial charge in [0, 0.05) is 24.7 Å². The minimum Gasteiger partial charge on any atom is -0.497 e. The number of aromatic nitrogens is 6. The molecule has 1 saturated heterocycles. The van der Waals surface area contributed by atoms with E-state index in [9.17, 15) is 4.79 Å². The smallest absolute Gasteiger partial charge is 0.247 e. The number of amides is 1. The molecular formula is C24H25N7O3S. The van der Waals surface area contributed by atoms with Gasteiger partial charge < -0.3 is 14.1 Å². The van der Waals surface area contributed by atoms with Crippen molar-refractivity contribution in [1.82, 2.24) is 34.8 Å². The van der Waals surface area contributed by atoms with Crippen LogP contribution in [0, 0.1) is 0 Å². The fourth-order valence-corrected chi connectivity index (χ4v) is 4.71. The van der Waals surface area contributed by atoms with Gasteiger partial charge in [0.1, 0.15) is 5.75 Å². The van der Waals surface area contributed by atoms with Crippen LogP contribution in [-0.2, 0) is 17.1 Å². The molecule has 1 aliphatic heterocycles. The zero-order valence-corrected chi connectivity index (χ0v) is 20.1. The van der Waals surface area contributed by atoms with Crippen molar-refractivity contribution in [2.75, 3.05) is 13.7 Å². The Labute approximate surface area is 206 Å². The van der Waals surface area contributed by atoms with E-state index in [1.54, 1.807) is 19.5 Å². The van der Waals surface area contributed by atoms with Gasteiger partial charge in [-0.1, -0.05) is 18.2 Å². The van der Waals surface area contributed by atoms with Gasteiger partial charge in [0.15, 0.2) is 11.0 Å². The van der Waals surface area contributed by atoms with E-state index in [1.165, 1.54) is 11.8 Å². The number of carbonyl (C=O) groups is 1. The molecule has 0 bridgehead atoms. The first kappa shape index (κ1) is 23.0. The fraction of sp³-hybridized carbons (Fsp3) is 0.333. The first-order valence-corrected chi connectivity index (χ1v) is 12.4. The number of methoxy groups -OCH3 is 1. The van der Waals surface area contributed by atoms with Crippen molar-refractivity contribution in [2.24, 2.45) is 0 Å². The predicted molar refractivity (Wildman–Crippen MR) is 129 cm³/mol. The lowest BCUT2D eigenvalue weighted by molar-refractivity contribution is -0.131. The van der Waals surface area contributed by atoms with Crippen molar-refractivity contribution in [3.8, 4) is 22.9 Å². The van der Waals surface area contributed by atoms with Crippen LogP contribution in [0.2, 0.25) is 0 Å². The van der Waals surface area contributed by atoms with Crippen molar-refractivity contribution in [2.45, 2.75) is 43.1 Å². The summed E-state index contributed by atoms with van der Waals surface area (Å²) in [5, 5.41) is 17.9. The zero-order chi connectivity index (χ0) is 24.0. The number of hydrogen-bond acceptors (Lipinski definition) is 9. The molecule has 0 spiro atoms. The molecule has 0 aliphatic carbocycles. The van der Waals surface area contributed by atoms with Gasteiger partial charge in [-0.2, -0.15) is 0 Å². The second-order valence-electron chi connectivity index (χ2n) is 8.09. The summed E-state index contributed by atoms with van der Waals surface area (Å²) >= 11 is 1.44. The molecule has 5 rings (SSSR count). The van der Waals surface area contributed by atoms with E-state index in [-0.39, 0.29) is 5.91 Å². The topological polar surface area (TPSA) is 112 Å². The van der Waals surface area contributed by atoms with Crippen LogP contribution in [0.25, 0.3) is 17.1 Å². The van der Waals surface area contributed by atoms with Gasteiger partial charge in [-0.3, -0.25) is 14.3 Å². The summed E-state index contributed by atoms with van der Waals surface area (Å²) in [6, 6.07) is 11.3. The minimum absolute atomic E-state index is 0.161. The zero-order valence-electron chi connectivity index (χ0n) is 19.3. The van der Waals surface area contributed by atoms with Crippen LogP contribution in [0.4, 0.5) is 0 Å². The van der Waals surface area contributed by atoms with Crippen LogP contribution in [0.15, 0.2) is 58.4 Å². The van der Waals surface area contributed by atoms with Gasteiger partial charge in [0.05, 0.1) is 31.3 Å². The second-order valence-corrected chi connectivity index (χ2v) is 9.03. The van der Waals surface area contributed by atoms with Gasteiger partial charge in [-0.15, -0.1) is 20.4 Å². The number of carbonyl (C=O) groups excluding carboxylic acids is 1. The summed E-state index contributed by atoms with van der Waals surface area (Å²) in [6.45, 7) is 1.14. The van der Waals surface area contributed by atoms with Gasteiger partial charge in [0.25, 0.3) is 0 Å². The Hall–Kier alpha value is -3.73. The molecule has 1 fully saturated rings. The van der Waals surface area contributed by atoms with Gasteiger partial charge in [-0.25, -0.2) is 0 Å². The molecule has 10 nitrogen and oxygen atoms in total. The molecule has 3 aromatic heterocycles. The average molecular weight is 492 g/mol. The Balaban J connectivity index is 1.35. The summed E-state index contributed by atoms with van der Waals surface area (Å²) in [7, 11) is 1.62. The summed E-state index contributed by atoms with van der Waals surface area (Å²) in [5.74, 6) is 2.96. The molecule has 0 unspecified atom stereocenters.